The van der Waals surface area contributed by atoms with Gasteiger partial charge in [-0.2, -0.15) is 4.39 Å². The molecule has 6 heteroatoms. The molecule has 0 bridgehead atoms. The van der Waals surface area contributed by atoms with Crippen molar-refractivity contribution in [1.82, 2.24) is 0 Å². The van der Waals surface area contributed by atoms with Crippen molar-refractivity contribution in [1.29, 1.82) is 0 Å². The molecule has 1 aromatic carbocycles. The molecule has 0 fully saturated rings. The lowest BCUT2D eigenvalue weighted by atomic mass is 10.1. The van der Waals surface area contributed by atoms with E-state index in [9.17, 15) is 14.5 Å². The van der Waals surface area contributed by atoms with Gasteiger partial charge in [-0.1, -0.05) is 26.8 Å². The number of hydrogen-bond donors (Lipinski definition) is 0. The summed E-state index contributed by atoms with van der Waals surface area (Å²) in [4.78, 5) is 9.82. The predicted octanol–water partition coefficient (Wildman–Crippen LogP) is 4.30. The van der Waals surface area contributed by atoms with Crippen molar-refractivity contribution < 1.29 is 13.7 Å². The Kier molecular flexibility index (Phi) is 5.04. The Morgan fingerprint density at radius 1 is 1.35 bits per heavy atom. The highest BCUT2D eigenvalue weighted by Gasteiger charge is 2.36. The number of nitro benzene ring substituents is 1. The Labute approximate surface area is 120 Å². The average Bonchev–Trinajstić information content (AvgIpc) is 2.26. The van der Waals surface area contributed by atoms with Gasteiger partial charge in [-0.3, -0.25) is 10.1 Å². The summed E-state index contributed by atoms with van der Waals surface area (Å²) in [7, 11) is -1.80. The third-order valence-electron chi connectivity index (χ3n) is 3.87. The number of nitro groups is 1. The zero-order valence-corrected chi connectivity index (χ0v) is 13.7. The third kappa shape index (κ3) is 4.11. The smallest absolute Gasteiger partial charge is 0.304 e. The van der Waals surface area contributed by atoms with Crippen LogP contribution in [0.4, 0.5) is 10.1 Å². The van der Waals surface area contributed by atoms with Crippen LogP contribution < -0.4 is 0 Å². The lowest BCUT2D eigenvalue weighted by molar-refractivity contribution is -0.387. The van der Waals surface area contributed by atoms with Gasteiger partial charge in [0.1, 0.15) is 0 Å². The second kappa shape index (κ2) is 6.01. The first-order chi connectivity index (χ1) is 9.04. The van der Waals surface area contributed by atoms with E-state index in [4.69, 9.17) is 4.43 Å². The molecule has 0 aromatic heterocycles. The summed E-state index contributed by atoms with van der Waals surface area (Å²) in [5, 5.41) is 10.7. The molecule has 0 saturated carbocycles. The lowest BCUT2D eigenvalue weighted by Gasteiger charge is -2.36. The molecule has 0 amide bonds. The summed E-state index contributed by atoms with van der Waals surface area (Å²) in [5.74, 6) is -0.792. The molecule has 0 aliphatic carbocycles. The Balaban J connectivity index is 2.64. The highest BCUT2D eigenvalue weighted by atomic mass is 28.4. The first-order valence-electron chi connectivity index (χ1n) is 6.61. The minimum Gasteiger partial charge on any atom is -0.416 e. The van der Waals surface area contributed by atoms with Crippen LogP contribution in [-0.4, -0.2) is 19.8 Å². The van der Waals surface area contributed by atoms with Gasteiger partial charge in [0.2, 0.25) is 5.82 Å². The first kappa shape index (κ1) is 16.8. The van der Waals surface area contributed by atoms with Crippen LogP contribution >= 0.6 is 0 Å². The number of benzene rings is 1. The molecule has 0 unspecified atom stereocenters. The van der Waals surface area contributed by atoms with Gasteiger partial charge < -0.3 is 4.43 Å². The topological polar surface area (TPSA) is 52.4 Å². The molecule has 0 heterocycles. The van der Waals surface area contributed by atoms with E-state index >= 15 is 0 Å². The molecule has 4 nitrogen and oxygen atoms in total. The largest absolute Gasteiger partial charge is 0.416 e. The van der Waals surface area contributed by atoms with E-state index in [2.05, 4.69) is 33.9 Å². The van der Waals surface area contributed by atoms with Crippen molar-refractivity contribution in [2.45, 2.75) is 45.3 Å². The number of rotatable bonds is 5. The molecule has 1 aromatic rings. The van der Waals surface area contributed by atoms with E-state index in [0.717, 1.165) is 0 Å². The molecule has 0 spiro atoms. The zero-order valence-electron chi connectivity index (χ0n) is 12.7. The number of halogens is 1. The molecule has 0 radical (unpaired) electrons. The highest BCUT2D eigenvalue weighted by Crippen LogP contribution is 2.36. The van der Waals surface area contributed by atoms with Gasteiger partial charge in [-0.15, -0.1) is 0 Å². The van der Waals surface area contributed by atoms with Gasteiger partial charge >= 0.3 is 5.69 Å². The van der Waals surface area contributed by atoms with E-state index in [-0.39, 0.29) is 5.04 Å². The summed E-state index contributed by atoms with van der Waals surface area (Å²) in [6.07, 6.45) is 0.557. The summed E-state index contributed by atoms with van der Waals surface area (Å²) in [5.41, 5.74) is 0.228. The van der Waals surface area contributed by atoms with E-state index in [1.165, 1.54) is 12.1 Å². The fraction of sp³-hybridized carbons (Fsp3) is 0.571. The number of nitrogens with zero attached hydrogens (tertiary/aromatic N) is 1. The predicted molar refractivity (Wildman–Crippen MR) is 79.9 cm³/mol. The Bertz CT molecular complexity index is 498. The summed E-state index contributed by atoms with van der Waals surface area (Å²) in [6, 6.07) is 4.00. The van der Waals surface area contributed by atoms with Crippen molar-refractivity contribution >= 4 is 14.0 Å². The van der Waals surface area contributed by atoms with Crippen LogP contribution in [0.1, 0.15) is 26.3 Å². The average molecular weight is 299 g/mol. The minimum atomic E-state index is -1.80. The molecule has 0 N–H and O–H groups in total. The third-order valence-corrected chi connectivity index (χ3v) is 8.41. The first-order valence-corrected chi connectivity index (χ1v) is 9.52. The molecule has 112 valence electrons. The van der Waals surface area contributed by atoms with Crippen LogP contribution in [0.5, 0.6) is 0 Å². The van der Waals surface area contributed by atoms with Gasteiger partial charge in [-0.25, -0.2) is 0 Å². The SMILES string of the molecule is CC(C)(C)[Si](C)(C)OCCc1ccc([N+](=O)[O-])c(F)c1. The van der Waals surface area contributed by atoms with E-state index in [1.807, 2.05) is 0 Å². The second-order valence-electron chi connectivity index (χ2n) is 6.40. The molecular formula is C14H22FNO3Si. The fourth-order valence-corrected chi connectivity index (χ4v) is 2.54. The molecular weight excluding hydrogens is 277 g/mol. The van der Waals surface area contributed by atoms with E-state index in [0.29, 0.717) is 18.6 Å². The van der Waals surface area contributed by atoms with Crippen molar-refractivity contribution in [3.63, 3.8) is 0 Å². The quantitative estimate of drug-likeness (QED) is 0.463. The van der Waals surface area contributed by atoms with Crippen LogP contribution in [0.2, 0.25) is 18.1 Å². The fourth-order valence-electron chi connectivity index (χ4n) is 1.49. The van der Waals surface area contributed by atoms with Crippen molar-refractivity contribution in [2.24, 2.45) is 0 Å². The molecule has 20 heavy (non-hydrogen) atoms. The van der Waals surface area contributed by atoms with Gasteiger partial charge in [-0.05, 0) is 36.2 Å². The summed E-state index contributed by atoms with van der Waals surface area (Å²) >= 11 is 0. The van der Waals surface area contributed by atoms with Crippen LogP contribution in [0.15, 0.2) is 18.2 Å². The van der Waals surface area contributed by atoms with Crippen molar-refractivity contribution in [3.8, 4) is 0 Å². The molecule has 0 aliphatic heterocycles. The van der Waals surface area contributed by atoms with Crippen LogP contribution in [0, 0.1) is 15.9 Å². The van der Waals surface area contributed by atoms with Crippen LogP contribution in [-0.2, 0) is 10.8 Å². The molecule has 0 saturated heterocycles. The number of hydrogen-bond acceptors (Lipinski definition) is 3. The van der Waals surface area contributed by atoms with Crippen molar-refractivity contribution in [3.05, 3.63) is 39.7 Å². The van der Waals surface area contributed by atoms with E-state index < -0.39 is 24.7 Å². The zero-order chi connectivity index (χ0) is 15.6. The lowest BCUT2D eigenvalue weighted by Crippen LogP contribution is -2.41. The normalized spacial score (nSPS) is 12.5. The maximum absolute atomic E-state index is 13.5. The monoisotopic (exact) mass is 299 g/mol. The maximum atomic E-state index is 13.5. The van der Waals surface area contributed by atoms with Gasteiger partial charge in [0.15, 0.2) is 8.32 Å². The highest BCUT2D eigenvalue weighted by molar-refractivity contribution is 6.74. The van der Waals surface area contributed by atoms with Crippen LogP contribution in [0.3, 0.4) is 0 Å². The second-order valence-corrected chi connectivity index (χ2v) is 11.2. The minimum absolute atomic E-state index is 0.133. The van der Waals surface area contributed by atoms with Crippen molar-refractivity contribution in [2.75, 3.05) is 6.61 Å². The molecule has 0 atom stereocenters. The summed E-state index contributed by atoms with van der Waals surface area (Å²) in [6.45, 7) is 11.3. The summed E-state index contributed by atoms with van der Waals surface area (Å²) < 4.78 is 19.5. The van der Waals surface area contributed by atoms with Gasteiger partial charge in [0, 0.05) is 12.7 Å². The van der Waals surface area contributed by atoms with E-state index in [1.54, 1.807) is 6.07 Å². The van der Waals surface area contributed by atoms with Crippen LogP contribution in [0.25, 0.3) is 0 Å². The maximum Gasteiger partial charge on any atom is 0.304 e. The molecule has 0 aliphatic rings. The van der Waals surface area contributed by atoms with Gasteiger partial charge in [0.05, 0.1) is 4.92 Å². The Hall–Kier alpha value is -1.27. The molecule has 1 rings (SSSR count). The van der Waals surface area contributed by atoms with Gasteiger partial charge in [0.25, 0.3) is 0 Å². The Morgan fingerprint density at radius 2 is 1.95 bits per heavy atom. The Morgan fingerprint density at radius 3 is 2.40 bits per heavy atom. The standard InChI is InChI=1S/C14H22FNO3Si/c1-14(2,3)20(4,5)19-9-8-11-6-7-13(16(17)18)12(15)10-11/h6-7,10H,8-9H2,1-5H3.